The van der Waals surface area contributed by atoms with E-state index in [1.54, 1.807) is 6.07 Å². The molecular weight excluding hydrogens is 400 g/mol. The SMILES string of the molecule is N#C/C=C/C=C/CC[C@H]1CC[C@H](CCCC[C@H]2CC[C@H](c3ccc(F)c(F)c3)CC2)CC1. The Hall–Kier alpha value is -1.95. The van der Waals surface area contributed by atoms with Crippen LogP contribution >= 0.6 is 0 Å². The van der Waals surface area contributed by atoms with Crippen molar-refractivity contribution < 1.29 is 8.78 Å². The van der Waals surface area contributed by atoms with Crippen molar-refractivity contribution in [3.63, 3.8) is 0 Å². The smallest absolute Gasteiger partial charge is 0.159 e. The van der Waals surface area contributed by atoms with Crippen molar-refractivity contribution in [1.29, 1.82) is 5.26 Å². The van der Waals surface area contributed by atoms with Gasteiger partial charge in [0.1, 0.15) is 0 Å². The first-order valence-corrected chi connectivity index (χ1v) is 12.8. The van der Waals surface area contributed by atoms with Crippen LogP contribution in [0.1, 0.15) is 101 Å². The molecule has 0 aromatic heterocycles. The van der Waals surface area contributed by atoms with Crippen LogP contribution < -0.4 is 0 Å². The van der Waals surface area contributed by atoms with Gasteiger partial charge in [-0.2, -0.15) is 5.26 Å². The van der Waals surface area contributed by atoms with Crippen LogP contribution in [0, 0.1) is 40.7 Å². The highest BCUT2D eigenvalue weighted by Crippen LogP contribution is 2.39. The molecule has 3 rings (SSSR count). The van der Waals surface area contributed by atoms with Crippen LogP contribution in [-0.2, 0) is 0 Å². The monoisotopic (exact) mass is 439 g/mol. The lowest BCUT2D eigenvalue weighted by atomic mass is 9.76. The lowest BCUT2D eigenvalue weighted by Crippen LogP contribution is -2.15. The maximum atomic E-state index is 13.5. The molecule has 3 heteroatoms. The molecule has 0 N–H and O–H groups in total. The van der Waals surface area contributed by atoms with Crippen LogP contribution in [0.3, 0.4) is 0 Å². The Balaban J connectivity index is 1.22. The van der Waals surface area contributed by atoms with Crippen molar-refractivity contribution >= 4 is 0 Å². The zero-order valence-electron chi connectivity index (χ0n) is 19.5. The Bertz CT molecular complexity index is 775. The van der Waals surface area contributed by atoms with Crippen molar-refractivity contribution in [2.24, 2.45) is 17.8 Å². The molecule has 1 nitrogen and oxygen atoms in total. The maximum Gasteiger partial charge on any atom is 0.159 e. The van der Waals surface area contributed by atoms with Gasteiger partial charge < -0.3 is 0 Å². The fourth-order valence-corrected chi connectivity index (χ4v) is 5.83. The lowest BCUT2D eigenvalue weighted by Gasteiger charge is -2.30. The fourth-order valence-electron chi connectivity index (χ4n) is 5.83. The highest BCUT2D eigenvalue weighted by atomic mass is 19.2. The maximum absolute atomic E-state index is 13.5. The van der Waals surface area contributed by atoms with Crippen LogP contribution in [0.2, 0.25) is 0 Å². The van der Waals surface area contributed by atoms with Crippen molar-refractivity contribution in [3.8, 4) is 6.07 Å². The van der Waals surface area contributed by atoms with Gasteiger partial charge in [0.25, 0.3) is 0 Å². The van der Waals surface area contributed by atoms with Gasteiger partial charge in [0.2, 0.25) is 0 Å². The fraction of sp³-hybridized carbons (Fsp3) is 0.621. The second-order valence-electron chi connectivity index (χ2n) is 10.1. The third-order valence-electron chi connectivity index (χ3n) is 7.86. The van der Waals surface area contributed by atoms with Crippen LogP contribution in [0.15, 0.2) is 42.5 Å². The van der Waals surface area contributed by atoms with Crippen LogP contribution in [0.5, 0.6) is 0 Å². The van der Waals surface area contributed by atoms with Gasteiger partial charge in [-0.25, -0.2) is 8.78 Å². The quantitative estimate of drug-likeness (QED) is 0.203. The zero-order chi connectivity index (χ0) is 22.6. The van der Waals surface area contributed by atoms with Gasteiger partial charge in [-0.1, -0.05) is 75.7 Å². The standard InChI is InChI=1S/C29H39F2N/c30-28-20-19-27(22-29(28)31)26-17-15-25(16-18-26)10-6-5-9-24-13-11-23(12-14-24)8-4-2-1-3-7-21-32/h1-3,7,19-20,22-26H,4-6,8-18H2/b2-1+,7-3+/t23-,24-,25-,26-. The van der Waals surface area contributed by atoms with Gasteiger partial charge in [-0.15, -0.1) is 0 Å². The largest absolute Gasteiger partial charge is 0.204 e. The first-order chi connectivity index (χ1) is 15.7. The molecule has 0 saturated heterocycles. The molecule has 0 amide bonds. The van der Waals surface area contributed by atoms with Gasteiger partial charge in [0, 0.05) is 6.08 Å². The third kappa shape index (κ3) is 8.19. The minimum absolute atomic E-state index is 0.404. The van der Waals surface area contributed by atoms with Crippen LogP contribution in [0.25, 0.3) is 0 Å². The van der Waals surface area contributed by atoms with Crippen molar-refractivity contribution in [2.75, 3.05) is 0 Å². The topological polar surface area (TPSA) is 23.8 Å². The summed E-state index contributed by atoms with van der Waals surface area (Å²) in [4.78, 5) is 0. The van der Waals surface area contributed by atoms with Crippen molar-refractivity contribution in [2.45, 2.75) is 95.8 Å². The van der Waals surface area contributed by atoms with Crippen molar-refractivity contribution in [1.82, 2.24) is 0 Å². The molecule has 0 spiro atoms. The van der Waals surface area contributed by atoms with Crippen molar-refractivity contribution in [3.05, 3.63) is 59.7 Å². The molecule has 0 bridgehead atoms. The number of halogens is 2. The van der Waals surface area contributed by atoms with E-state index in [1.165, 1.54) is 88.8 Å². The normalized spacial score (nSPS) is 26.5. The molecule has 32 heavy (non-hydrogen) atoms. The number of hydrogen-bond acceptors (Lipinski definition) is 1. The Morgan fingerprint density at radius 2 is 1.38 bits per heavy atom. The van der Waals surface area contributed by atoms with Gasteiger partial charge >= 0.3 is 0 Å². The first kappa shape index (κ1) is 24.7. The third-order valence-corrected chi connectivity index (χ3v) is 7.86. The second kappa shape index (κ2) is 13.6. The molecule has 0 atom stereocenters. The summed E-state index contributed by atoms with van der Waals surface area (Å²) < 4.78 is 26.7. The number of rotatable bonds is 10. The summed E-state index contributed by atoms with van der Waals surface area (Å²) in [6, 6.07) is 6.46. The number of benzene rings is 1. The number of hydrogen-bond donors (Lipinski definition) is 0. The Morgan fingerprint density at radius 3 is 1.97 bits per heavy atom. The van der Waals surface area contributed by atoms with E-state index in [0.717, 1.165) is 42.6 Å². The van der Waals surface area contributed by atoms with E-state index in [9.17, 15) is 8.78 Å². The van der Waals surface area contributed by atoms with E-state index in [-0.39, 0.29) is 0 Å². The molecule has 174 valence electrons. The zero-order valence-corrected chi connectivity index (χ0v) is 19.5. The summed E-state index contributed by atoms with van der Waals surface area (Å²) in [5, 5.41) is 8.47. The Kier molecular flexibility index (Phi) is 10.5. The summed E-state index contributed by atoms with van der Waals surface area (Å²) in [6.45, 7) is 0. The summed E-state index contributed by atoms with van der Waals surface area (Å²) in [6.07, 6.45) is 25.7. The number of nitrogens with zero attached hydrogens (tertiary/aromatic N) is 1. The minimum atomic E-state index is -0.742. The number of nitriles is 1. The molecule has 1 aromatic carbocycles. The average Bonchev–Trinajstić information content (AvgIpc) is 2.82. The predicted octanol–water partition coefficient (Wildman–Crippen LogP) is 9.02. The van der Waals surface area contributed by atoms with E-state index < -0.39 is 11.6 Å². The van der Waals surface area contributed by atoms with Gasteiger partial charge in [-0.05, 0) is 79.9 Å². The Morgan fingerprint density at radius 1 is 0.781 bits per heavy atom. The predicted molar refractivity (Wildman–Crippen MR) is 128 cm³/mol. The van der Waals surface area contributed by atoms with E-state index in [1.807, 2.05) is 18.2 Å². The Labute approximate surface area is 193 Å². The summed E-state index contributed by atoms with van der Waals surface area (Å²) >= 11 is 0. The summed E-state index contributed by atoms with van der Waals surface area (Å²) in [5.41, 5.74) is 0.977. The van der Waals surface area contributed by atoms with E-state index in [4.69, 9.17) is 5.26 Å². The molecule has 0 aliphatic heterocycles. The highest BCUT2D eigenvalue weighted by molar-refractivity contribution is 5.22. The van der Waals surface area contributed by atoms with E-state index in [2.05, 4.69) is 6.08 Å². The first-order valence-electron chi connectivity index (χ1n) is 12.8. The molecule has 2 fully saturated rings. The second-order valence-corrected chi connectivity index (χ2v) is 10.1. The van der Waals surface area contributed by atoms with Gasteiger partial charge in [-0.3, -0.25) is 0 Å². The molecule has 2 aliphatic carbocycles. The summed E-state index contributed by atoms with van der Waals surface area (Å²) in [5.74, 6) is 1.60. The van der Waals surface area contributed by atoms with E-state index in [0.29, 0.717) is 5.92 Å². The lowest BCUT2D eigenvalue weighted by molar-refractivity contribution is 0.244. The molecule has 2 saturated carbocycles. The summed E-state index contributed by atoms with van der Waals surface area (Å²) in [7, 11) is 0. The van der Waals surface area contributed by atoms with E-state index >= 15 is 0 Å². The minimum Gasteiger partial charge on any atom is -0.204 e. The molecular formula is C29H39F2N. The highest BCUT2D eigenvalue weighted by Gasteiger charge is 2.24. The molecule has 0 heterocycles. The van der Waals surface area contributed by atoms with Crippen LogP contribution in [0.4, 0.5) is 8.78 Å². The number of unbranched alkanes of at least 4 members (excludes halogenated alkanes) is 1. The van der Waals surface area contributed by atoms with Gasteiger partial charge in [0.15, 0.2) is 11.6 Å². The molecule has 0 radical (unpaired) electrons. The average molecular weight is 440 g/mol. The van der Waals surface area contributed by atoms with Gasteiger partial charge in [0.05, 0.1) is 6.07 Å². The van der Waals surface area contributed by atoms with Crippen LogP contribution in [-0.4, -0.2) is 0 Å². The molecule has 1 aromatic rings. The molecule has 0 unspecified atom stereocenters. The molecule has 2 aliphatic rings. The number of allylic oxidation sites excluding steroid dienone is 4.